The topological polar surface area (TPSA) is 26.3 Å². The summed E-state index contributed by atoms with van der Waals surface area (Å²) in [5.41, 5.74) is 3.57. The Bertz CT molecular complexity index is 400. The van der Waals surface area contributed by atoms with Gasteiger partial charge < -0.3 is 4.74 Å². The van der Waals surface area contributed by atoms with Crippen LogP contribution in [0.1, 0.15) is 44.4 Å². The van der Waals surface area contributed by atoms with Crippen molar-refractivity contribution in [2.75, 3.05) is 6.61 Å². The zero-order valence-electron chi connectivity index (χ0n) is 11.5. The Morgan fingerprint density at radius 1 is 1.29 bits per heavy atom. The first-order chi connectivity index (χ1) is 7.84. The highest BCUT2D eigenvalue weighted by atomic mass is 16.5. The van der Waals surface area contributed by atoms with Crippen molar-refractivity contribution in [1.82, 2.24) is 0 Å². The smallest absolute Gasteiger partial charge is 0.310 e. The number of benzene rings is 1. The quantitative estimate of drug-likeness (QED) is 0.749. The van der Waals surface area contributed by atoms with Crippen LogP contribution in [-0.2, 0) is 21.4 Å². The van der Waals surface area contributed by atoms with Gasteiger partial charge in [0.15, 0.2) is 0 Å². The van der Waals surface area contributed by atoms with Crippen LogP contribution in [0.4, 0.5) is 0 Å². The maximum Gasteiger partial charge on any atom is 0.310 e. The lowest BCUT2D eigenvalue weighted by atomic mass is 9.85. The largest absolute Gasteiger partial charge is 0.466 e. The highest BCUT2D eigenvalue weighted by Crippen LogP contribution is 2.24. The Morgan fingerprint density at radius 2 is 1.94 bits per heavy atom. The van der Waals surface area contributed by atoms with Crippen molar-refractivity contribution in [2.45, 2.75) is 46.5 Å². The van der Waals surface area contributed by atoms with Crippen molar-refractivity contribution in [1.29, 1.82) is 0 Å². The molecule has 0 saturated heterocycles. The Kier molecular flexibility index (Phi) is 4.33. The number of carbonyl (C=O) groups excluding carboxylic acids is 1. The lowest BCUT2D eigenvalue weighted by Gasteiger charge is -2.20. The first kappa shape index (κ1) is 13.8. The molecule has 0 fully saturated rings. The van der Waals surface area contributed by atoms with Crippen LogP contribution in [0.5, 0.6) is 0 Å². The number of hydrogen-bond acceptors (Lipinski definition) is 2. The average molecular weight is 234 g/mol. The molecular formula is C15H22O2. The molecule has 0 aliphatic heterocycles. The molecule has 0 aliphatic carbocycles. The molecule has 0 heterocycles. The number of esters is 1. The fraction of sp³-hybridized carbons (Fsp3) is 0.533. The molecule has 0 aliphatic rings. The molecule has 0 atom stereocenters. The summed E-state index contributed by atoms with van der Waals surface area (Å²) in [4.78, 5) is 11.5. The predicted molar refractivity (Wildman–Crippen MR) is 70.2 cm³/mol. The van der Waals surface area contributed by atoms with Gasteiger partial charge in [0, 0.05) is 0 Å². The normalized spacial score (nSPS) is 11.4. The van der Waals surface area contributed by atoms with Crippen molar-refractivity contribution in [3.05, 3.63) is 34.9 Å². The van der Waals surface area contributed by atoms with Gasteiger partial charge in [-0.1, -0.05) is 39.0 Å². The van der Waals surface area contributed by atoms with E-state index in [9.17, 15) is 4.79 Å². The SMILES string of the molecule is CCOC(=O)Cc1cc(C(C)(C)C)ccc1C. The van der Waals surface area contributed by atoms with Gasteiger partial charge in [0.1, 0.15) is 0 Å². The molecule has 1 aromatic carbocycles. The third kappa shape index (κ3) is 3.88. The van der Waals surface area contributed by atoms with E-state index in [-0.39, 0.29) is 11.4 Å². The van der Waals surface area contributed by atoms with Gasteiger partial charge in [-0.2, -0.15) is 0 Å². The van der Waals surface area contributed by atoms with Crippen LogP contribution in [0.2, 0.25) is 0 Å². The third-order valence-electron chi connectivity index (χ3n) is 2.86. The monoisotopic (exact) mass is 234 g/mol. The van der Waals surface area contributed by atoms with Crippen molar-refractivity contribution >= 4 is 5.97 Å². The van der Waals surface area contributed by atoms with Crippen LogP contribution in [-0.4, -0.2) is 12.6 Å². The molecular weight excluding hydrogens is 212 g/mol. The summed E-state index contributed by atoms with van der Waals surface area (Å²) in [6, 6.07) is 6.32. The lowest BCUT2D eigenvalue weighted by molar-refractivity contribution is -0.142. The number of ether oxygens (including phenoxy) is 1. The second kappa shape index (κ2) is 5.35. The number of carbonyl (C=O) groups is 1. The van der Waals surface area contributed by atoms with Crippen LogP contribution in [0.25, 0.3) is 0 Å². The lowest BCUT2D eigenvalue weighted by Crippen LogP contribution is -2.13. The van der Waals surface area contributed by atoms with Crippen molar-refractivity contribution in [2.24, 2.45) is 0 Å². The summed E-state index contributed by atoms with van der Waals surface area (Å²) in [6.45, 7) is 10.8. The van der Waals surface area contributed by atoms with E-state index < -0.39 is 0 Å². The van der Waals surface area contributed by atoms with Crippen LogP contribution in [0.3, 0.4) is 0 Å². The van der Waals surface area contributed by atoms with Gasteiger partial charge in [0.05, 0.1) is 13.0 Å². The second-order valence-corrected chi connectivity index (χ2v) is 5.37. The molecule has 17 heavy (non-hydrogen) atoms. The Hall–Kier alpha value is -1.31. The fourth-order valence-electron chi connectivity index (χ4n) is 1.70. The summed E-state index contributed by atoms with van der Waals surface area (Å²) >= 11 is 0. The molecule has 1 rings (SSSR count). The molecule has 0 radical (unpaired) electrons. The van der Waals surface area contributed by atoms with Crippen LogP contribution in [0, 0.1) is 6.92 Å². The minimum atomic E-state index is -0.151. The summed E-state index contributed by atoms with van der Waals surface area (Å²) in [5.74, 6) is -0.151. The average Bonchev–Trinajstić information content (AvgIpc) is 2.20. The summed E-state index contributed by atoms with van der Waals surface area (Å²) in [7, 11) is 0. The van der Waals surface area contributed by atoms with E-state index in [2.05, 4.69) is 39.0 Å². The summed E-state index contributed by atoms with van der Waals surface area (Å²) in [5, 5.41) is 0. The van der Waals surface area contributed by atoms with E-state index in [0.717, 1.165) is 11.1 Å². The molecule has 2 nitrogen and oxygen atoms in total. The molecule has 1 aromatic rings. The van der Waals surface area contributed by atoms with E-state index in [1.807, 2.05) is 13.8 Å². The minimum absolute atomic E-state index is 0.108. The van der Waals surface area contributed by atoms with Gasteiger partial charge in [0.2, 0.25) is 0 Å². The molecule has 0 bridgehead atoms. The molecule has 0 aromatic heterocycles. The molecule has 0 spiro atoms. The summed E-state index contributed by atoms with van der Waals surface area (Å²) < 4.78 is 4.99. The predicted octanol–water partition coefficient (Wildman–Crippen LogP) is 3.40. The standard InChI is InChI=1S/C15H22O2/c1-6-17-14(16)10-12-9-13(15(3,4)5)8-7-11(12)2/h7-9H,6,10H2,1-5H3. The molecule has 0 unspecified atom stereocenters. The van der Waals surface area contributed by atoms with Gasteiger partial charge in [0.25, 0.3) is 0 Å². The second-order valence-electron chi connectivity index (χ2n) is 5.37. The van der Waals surface area contributed by atoms with Gasteiger partial charge in [-0.3, -0.25) is 4.79 Å². The van der Waals surface area contributed by atoms with E-state index in [4.69, 9.17) is 4.74 Å². The molecule has 0 amide bonds. The Labute approximate surface area is 104 Å². The maximum atomic E-state index is 11.5. The van der Waals surface area contributed by atoms with Crippen LogP contribution in [0.15, 0.2) is 18.2 Å². The number of aryl methyl sites for hydroxylation is 1. The Morgan fingerprint density at radius 3 is 2.47 bits per heavy atom. The van der Waals surface area contributed by atoms with Crippen molar-refractivity contribution < 1.29 is 9.53 Å². The minimum Gasteiger partial charge on any atom is -0.466 e. The highest BCUT2D eigenvalue weighted by Gasteiger charge is 2.15. The van der Waals surface area contributed by atoms with Crippen molar-refractivity contribution in [3.8, 4) is 0 Å². The van der Waals surface area contributed by atoms with E-state index in [1.54, 1.807) is 0 Å². The van der Waals surface area contributed by atoms with Crippen LogP contribution < -0.4 is 0 Å². The van der Waals surface area contributed by atoms with E-state index in [1.165, 1.54) is 5.56 Å². The molecule has 2 heteroatoms. The fourth-order valence-corrected chi connectivity index (χ4v) is 1.70. The molecule has 94 valence electrons. The first-order valence-electron chi connectivity index (χ1n) is 6.10. The van der Waals surface area contributed by atoms with Gasteiger partial charge in [-0.05, 0) is 36.0 Å². The van der Waals surface area contributed by atoms with Crippen LogP contribution >= 0.6 is 0 Å². The van der Waals surface area contributed by atoms with Gasteiger partial charge >= 0.3 is 5.97 Å². The molecule has 0 saturated carbocycles. The Balaban J connectivity index is 2.95. The van der Waals surface area contributed by atoms with E-state index in [0.29, 0.717) is 13.0 Å². The number of rotatable bonds is 3. The van der Waals surface area contributed by atoms with E-state index >= 15 is 0 Å². The third-order valence-corrected chi connectivity index (χ3v) is 2.86. The zero-order valence-corrected chi connectivity index (χ0v) is 11.5. The first-order valence-corrected chi connectivity index (χ1v) is 6.10. The maximum absolute atomic E-state index is 11.5. The highest BCUT2D eigenvalue weighted by molar-refractivity contribution is 5.73. The molecule has 0 N–H and O–H groups in total. The zero-order chi connectivity index (χ0) is 13.1. The van der Waals surface area contributed by atoms with Crippen molar-refractivity contribution in [3.63, 3.8) is 0 Å². The van der Waals surface area contributed by atoms with Gasteiger partial charge in [-0.15, -0.1) is 0 Å². The van der Waals surface area contributed by atoms with Gasteiger partial charge in [-0.25, -0.2) is 0 Å². The summed E-state index contributed by atoms with van der Waals surface area (Å²) in [6.07, 6.45) is 0.365. The number of hydrogen-bond donors (Lipinski definition) is 0.